The maximum absolute atomic E-state index is 2.35. The molecule has 3 nitrogen and oxygen atoms in total. The largest absolute Gasteiger partial charge is 0.311 e. The molecule has 3 heteroatoms. The van der Waals surface area contributed by atoms with Gasteiger partial charge in [-0.15, -0.1) is 0 Å². The highest BCUT2D eigenvalue weighted by molar-refractivity contribution is 6.00. The Morgan fingerprint density at radius 2 is 0.415 bits per heavy atom. The lowest BCUT2D eigenvalue weighted by molar-refractivity contribution is 1.26. The van der Waals surface area contributed by atoms with Gasteiger partial charge >= 0.3 is 0 Å². The molecule has 11 rings (SSSR count). The summed E-state index contributed by atoms with van der Waals surface area (Å²) in [5.41, 5.74) is 14.7. The third kappa shape index (κ3) is 7.88. The second-order valence-electron chi connectivity index (χ2n) is 16.2. The maximum atomic E-state index is 2.35. The van der Waals surface area contributed by atoms with Crippen molar-refractivity contribution < 1.29 is 0 Å². The van der Waals surface area contributed by atoms with Gasteiger partial charge in [0.1, 0.15) is 0 Å². The molecule has 0 unspecified atom stereocenters. The molecule has 0 fully saturated rings. The van der Waals surface area contributed by atoms with E-state index in [0.717, 1.165) is 51.2 Å². The zero-order valence-electron chi connectivity index (χ0n) is 35.8. The third-order valence-corrected chi connectivity index (χ3v) is 12.2. The van der Waals surface area contributed by atoms with Gasteiger partial charge in [-0.2, -0.15) is 0 Å². The average molecular weight is 832 g/mol. The predicted molar refractivity (Wildman–Crippen MR) is 276 cm³/mol. The van der Waals surface area contributed by atoms with Crippen molar-refractivity contribution in [3.8, 4) is 22.3 Å². The van der Waals surface area contributed by atoms with Crippen molar-refractivity contribution >= 4 is 72.7 Å². The summed E-state index contributed by atoms with van der Waals surface area (Å²) in [6.07, 6.45) is 0. The number of hydrogen-bond acceptors (Lipinski definition) is 3. The molecule has 0 aromatic heterocycles. The standard InChI is InChI=1S/C62H45N3/c1-4-20-52(21-5-1)63(56-42-44-58(45-43-56)65(54-24-8-3-9-25-54)62-29-15-19-51-17-11-13-27-60(51)62)55-38-34-48(35-39-55)46-30-32-47(33-31-46)49-36-40-57(41-37-49)64(53-22-6-2-7-23-53)61-28-14-18-50-16-10-12-26-59(50)61/h1-45H. The second-order valence-corrected chi connectivity index (χ2v) is 16.2. The molecule has 11 aromatic carbocycles. The minimum atomic E-state index is 1.08. The van der Waals surface area contributed by atoms with Crippen LogP contribution in [0.5, 0.6) is 0 Å². The van der Waals surface area contributed by atoms with Crippen molar-refractivity contribution in [2.45, 2.75) is 0 Å². The third-order valence-electron chi connectivity index (χ3n) is 12.2. The molecule has 0 saturated carbocycles. The van der Waals surface area contributed by atoms with Crippen LogP contribution in [0, 0.1) is 0 Å². The monoisotopic (exact) mass is 831 g/mol. The van der Waals surface area contributed by atoms with Crippen LogP contribution in [-0.2, 0) is 0 Å². The Bertz CT molecular complexity index is 3320. The van der Waals surface area contributed by atoms with Crippen LogP contribution in [0.25, 0.3) is 43.8 Å². The molecule has 0 heterocycles. The van der Waals surface area contributed by atoms with Gasteiger partial charge in [-0.25, -0.2) is 0 Å². The maximum Gasteiger partial charge on any atom is 0.0540 e. The molecule has 0 amide bonds. The molecule has 0 bridgehead atoms. The van der Waals surface area contributed by atoms with Gasteiger partial charge in [0.15, 0.2) is 0 Å². The lowest BCUT2D eigenvalue weighted by Crippen LogP contribution is -2.12. The van der Waals surface area contributed by atoms with Crippen LogP contribution in [-0.4, -0.2) is 0 Å². The fraction of sp³-hybridized carbons (Fsp3) is 0. The molecule has 0 aliphatic heterocycles. The summed E-state index contributed by atoms with van der Waals surface area (Å²) in [4.78, 5) is 7.02. The van der Waals surface area contributed by atoms with Gasteiger partial charge in [0.25, 0.3) is 0 Å². The van der Waals surface area contributed by atoms with E-state index >= 15 is 0 Å². The van der Waals surface area contributed by atoms with Crippen LogP contribution in [0.1, 0.15) is 0 Å². The van der Waals surface area contributed by atoms with E-state index in [1.54, 1.807) is 0 Å². The SMILES string of the molecule is c1ccc(N(c2ccc(-c3ccc(-c4ccc(N(c5ccccc5)c5cccc6ccccc56)cc4)cc3)cc2)c2ccc(N(c3ccccc3)c3cccc4ccccc34)cc2)cc1. The van der Waals surface area contributed by atoms with Crippen molar-refractivity contribution in [2.24, 2.45) is 0 Å². The zero-order valence-corrected chi connectivity index (χ0v) is 35.8. The van der Waals surface area contributed by atoms with Crippen LogP contribution in [0.4, 0.5) is 51.2 Å². The summed E-state index contributed by atoms with van der Waals surface area (Å²) in [6.45, 7) is 0. The highest BCUT2D eigenvalue weighted by Gasteiger charge is 2.19. The smallest absolute Gasteiger partial charge is 0.0540 e. The normalized spacial score (nSPS) is 11.1. The molecular weight excluding hydrogens is 787 g/mol. The van der Waals surface area contributed by atoms with Gasteiger partial charge in [0.2, 0.25) is 0 Å². The summed E-state index contributed by atoms with van der Waals surface area (Å²) in [5.74, 6) is 0. The Balaban J connectivity index is 0.865. The van der Waals surface area contributed by atoms with Crippen LogP contribution in [0.15, 0.2) is 273 Å². The van der Waals surface area contributed by atoms with Crippen LogP contribution >= 0.6 is 0 Å². The van der Waals surface area contributed by atoms with E-state index in [2.05, 4.69) is 288 Å². The molecule has 308 valence electrons. The Morgan fingerprint density at radius 3 is 0.785 bits per heavy atom. The van der Waals surface area contributed by atoms with E-state index in [1.165, 1.54) is 43.8 Å². The molecule has 0 saturated heterocycles. The van der Waals surface area contributed by atoms with Crippen molar-refractivity contribution in [2.75, 3.05) is 14.7 Å². The van der Waals surface area contributed by atoms with E-state index in [1.807, 2.05) is 0 Å². The Labute approximate surface area is 381 Å². The minimum absolute atomic E-state index is 1.08. The predicted octanol–water partition coefficient (Wildman–Crippen LogP) is 17.7. The highest BCUT2D eigenvalue weighted by Crippen LogP contribution is 2.43. The van der Waals surface area contributed by atoms with Gasteiger partial charge in [0.05, 0.1) is 11.4 Å². The fourth-order valence-corrected chi connectivity index (χ4v) is 9.05. The molecule has 11 aromatic rings. The Kier molecular flexibility index (Phi) is 10.6. The molecular formula is C62H45N3. The van der Waals surface area contributed by atoms with Crippen molar-refractivity contribution in [3.63, 3.8) is 0 Å². The van der Waals surface area contributed by atoms with Crippen LogP contribution in [0.2, 0.25) is 0 Å². The van der Waals surface area contributed by atoms with Crippen molar-refractivity contribution in [1.82, 2.24) is 0 Å². The molecule has 0 radical (unpaired) electrons. The van der Waals surface area contributed by atoms with Gasteiger partial charge < -0.3 is 14.7 Å². The first-order valence-electron chi connectivity index (χ1n) is 22.2. The number of hydrogen-bond donors (Lipinski definition) is 0. The first kappa shape index (κ1) is 39.2. The fourth-order valence-electron chi connectivity index (χ4n) is 9.05. The van der Waals surface area contributed by atoms with Crippen molar-refractivity contribution in [3.05, 3.63) is 273 Å². The van der Waals surface area contributed by atoms with Gasteiger partial charge in [-0.05, 0) is 130 Å². The van der Waals surface area contributed by atoms with Gasteiger partial charge in [-0.1, -0.05) is 176 Å². The lowest BCUT2D eigenvalue weighted by atomic mass is 9.99. The van der Waals surface area contributed by atoms with Crippen molar-refractivity contribution in [1.29, 1.82) is 0 Å². The molecule has 0 aliphatic rings. The second kappa shape index (κ2) is 17.6. The average Bonchev–Trinajstić information content (AvgIpc) is 3.39. The molecule has 65 heavy (non-hydrogen) atoms. The number of nitrogens with zero attached hydrogens (tertiary/aromatic N) is 3. The summed E-state index contributed by atoms with van der Waals surface area (Å²) in [7, 11) is 0. The Morgan fingerprint density at radius 1 is 0.169 bits per heavy atom. The molecule has 0 spiro atoms. The van der Waals surface area contributed by atoms with Gasteiger partial charge in [-0.3, -0.25) is 0 Å². The lowest BCUT2D eigenvalue weighted by Gasteiger charge is -2.29. The number of para-hydroxylation sites is 3. The van der Waals surface area contributed by atoms with E-state index in [9.17, 15) is 0 Å². The summed E-state index contributed by atoms with van der Waals surface area (Å²) in [5, 5.41) is 4.87. The Hall–Kier alpha value is -8.66. The number of benzene rings is 11. The van der Waals surface area contributed by atoms with E-state index in [4.69, 9.17) is 0 Å². The van der Waals surface area contributed by atoms with E-state index < -0.39 is 0 Å². The van der Waals surface area contributed by atoms with Crippen LogP contribution in [0.3, 0.4) is 0 Å². The first-order valence-corrected chi connectivity index (χ1v) is 22.2. The minimum Gasteiger partial charge on any atom is -0.311 e. The molecule has 0 atom stereocenters. The summed E-state index contributed by atoms with van der Waals surface area (Å²) in [6, 6.07) is 97.7. The first-order chi connectivity index (χ1) is 32.2. The van der Waals surface area contributed by atoms with Crippen LogP contribution < -0.4 is 14.7 Å². The summed E-state index contributed by atoms with van der Waals surface area (Å²) < 4.78 is 0. The molecule has 0 aliphatic carbocycles. The topological polar surface area (TPSA) is 9.72 Å². The van der Waals surface area contributed by atoms with E-state index in [-0.39, 0.29) is 0 Å². The van der Waals surface area contributed by atoms with Gasteiger partial charge in [0, 0.05) is 50.6 Å². The molecule has 0 N–H and O–H groups in total. The highest BCUT2D eigenvalue weighted by atomic mass is 15.2. The summed E-state index contributed by atoms with van der Waals surface area (Å²) >= 11 is 0. The number of fused-ring (bicyclic) bond motifs is 2. The zero-order chi connectivity index (χ0) is 43.4. The number of rotatable bonds is 11. The number of anilines is 9. The van der Waals surface area contributed by atoms with E-state index in [0.29, 0.717) is 0 Å². The quantitative estimate of drug-likeness (QED) is 0.129.